The van der Waals surface area contributed by atoms with Gasteiger partial charge in [-0.15, -0.1) is 0 Å². The highest BCUT2D eigenvalue weighted by molar-refractivity contribution is 5.83. The van der Waals surface area contributed by atoms with E-state index in [1.54, 1.807) is 6.07 Å². The molecule has 3 unspecified atom stereocenters. The molecule has 4 nitrogen and oxygen atoms in total. The van der Waals surface area contributed by atoms with E-state index in [1.165, 1.54) is 6.07 Å². The number of anilines is 2. The molecule has 5 rings (SSSR count). The number of alkyl halides is 3. The fourth-order valence-corrected chi connectivity index (χ4v) is 5.32. The van der Waals surface area contributed by atoms with Crippen LogP contribution in [0.2, 0.25) is 0 Å². The first kappa shape index (κ1) is 23.3. The Hall–Kier alpha value is -3.48. The van der Waals surface area contributed by atoms with Gasteiger partial charge in [0.15, 0.2) is 0 Å². The van der Waals surface area contributed by atoms with Gasteiger partial charge in [0.1, 0.15) is 0 Å². The number of nitrogens with zero attached hydrogens (tertiary/aromatic N) is 2. The Balaban J connectivity index is 1.46. The standard InChI is InChI=1S/C28H28F3N3O/c1-19(20-8-4-2-5-9-20)32-27(35)24-17-21-16-22(28(29,30)31)12-13-25(21)34-15-14-33(18-26(24)34)23-10-6-3-7-11-23/h2-13,16,19,24,26H,14-15,17-18H2,1H3,(H,32,35). The van der Waals surface area contributed by atoms with Crippen molar-refractivity contribution in [3.05, 3.63) is 95.6 Å². The molecule has 2 heterocycles. The Bertz CT molecular complexity index is 1180. The van der Waals surface area contributed by atoms with E-state index in [0.29, 0.717) is 18.7 Å². The molecular weight excluding hydrogens is 451 g/mol. The van der Waals surface area contributed by atoms with Crippen LogP contribution in [0.4, 0.5) is 24.5 Å². The topological polar surface area (TPSA) is 35.6 Å². The molecular formula is C28H28F3N3O. The monoisotopic (exact) mass is 479 g/mol. The van der Waals surface area contributed by atoms with Gasteiger partial charge in [0.25, 0.3) is 0 Å². The third kappa shape index (κ3) is 4.72. The van der Waals surface area contributed by atoms with Gasteiger partial charge in [0, 0.05) is 31.0 Å². The quantitative estimate of drug-likeness (QED) is 0.541. The molecule has 1 amide bonds. The molecule has 0 bridgehead atoms. The van der Waals surface area contributed by atoms with Crippen molar-refractivity contribution >= 4 is 17.3 Å². The lowest BCUT2D eigenvalue weighted by atomic mass is 9.82. The summed E-state index contributed by atoms with van der Waals surface area (Å²) in [7, 11) is 0. The van der Waals surface area contributed by atoms with E-state index in [-0.39, 0.29) is 24.4 Å². The molecule has 1 N–H and O–H groups in total. The predicted molar refractivity (Wildman–Crippen MR) is 131 cm³/mol. The van der Waals surface area contributed by atoms with E-state index in [0.717, 1.165) is 29.5 Å². The molecule has 7 heteroatoms. The van der Waals surface area contributed by atoms with Gasteiger partial charge < -0.3 is 15.1 Å². The maximum Gasteiger partial charge on any atom is 0.416 e. The van der Waals surface area contributed by atoms with E-state index in [4.69, 9.17) is 0 Å². The molecule has 0 radical (unpaired) electrons. The summed E-state index contributed by atoms with van der Waals surface area (Å²) in [6.45, 7) is 3.93. The maximum absolute atomic E-state index is 13.6. The zero-order chi connectivity index (χ0) is 24.6. The molecule has 0 aliphatic carbocycles. The second-order valence-corrected chi connectivity index (χ2v) is 9.34. The fourth-order valence-electron chi connectivity index (χ4n) is 5.32. The Morgan fingerprint density at radius 1 is 0.971 bits per heavy atom. The fraction of sp³-hybridized carbons (Fsp3) is 0.321. The molecule has 182 valence electrons. The van der Waals surface area contributed by atoms with Crippen molar-refractivity contribution in [1.82, 2.24) is 5.32 Å². The third-order valence-corrected chi connectivity index (χ3v) is 7.16. The molecule has 3 aromatic carbocycles. The number of nitrogens with one attached hydrogen (secondary N) is 1. The van der Waals surface area contributed by atoms with Gasteiger partial charge in [-0.3, -0.25) is 4.79 Å². The van der Waals surface area contributed by atoms with Gasteiger partial charge in [-0.05, 0) is 54.8 Å². The molecule has 35 heavy (non-hydrogen) atoms. The second-order valence-electron chi connectivity index (χ2n) is 9.34. The van der Waals surface area contributed by atoms with E-state index in [2.05, 4.69) is 27.2 Å². The number of amides is 1. The number of fused-ring (bicyclic) bond motifs is 3. The minimum absolute atomic E-state index is 0.130. The number of hydrogen-bond acceptors (Lipinski definition) is 3. The lowest BCUT2D eigenvalue weighted by Crippen LogP contribution is -2.61. The zero-order valence-corrected chi connectivity index (χ0v) is 19.5. The summed E-state index contributed by atoms with van der Waals surface area (Å²) in [4.78, 5) is 18.0. The highest BCUT2D eigenvalue weighted by Gasteiger charge is 2.43. The van der Waals surface area contributed by atoms with E-state index in [1.807, 2.05) is 55.5 Å². The second kappa shape index (κ2) is 9.29. The molecule has 0 saturated carbocycles. The Morgan fingerprint density at radius 2 is 1.66 bits per heavy atom. The molecule has 1 fully saturated rings. The molecule has 3 aromatic rings. The Kier molecular flexibility index (Phi) is 6.17. The molecule has 2 aliphatic rings. The van der Waals surface area contributed by atoms with Crippen LogP contribution >= 0.6 is 0 Å². The maximum atomic E-state index is 13.6. The summed E-state index contributed by atoms with van der Waals surface area (Å²) in [5, 5.41) is 3.12. The van der Waals surface area contributed by atoms with Crippen LogP contribution in [0, 0.1) is 5.92 Å². The average Bonchev–Trinajstić information content (AvgIpc) is 2.88. The van der Waals surface area contributed by atoms with Crippen LogP contribution in [0.15, 0.2) is 78.9 Å². The zero-order valence-electron chi connectivity index (χ0n) is 19.5. The smallest absolute Gasteiger partial charge is 0.368 e. The van der Waals surface area contributed by atoms with Crippen molar-refractivity contribution in [2.24, 2.45) is 5.92 Å². The van der Waals surface area contributed by atoms with Crippen LogP contribution in [0.3, 0.4) is 0 Å². The molecule has 3 atom stereocenters. The number of carbonyl (C=O) groups excluding carboxylic acids is 1. The summed E-state index contributed by atoms with van der Waals surface area (Å²) in [6, 6.07) is 23.3. The first-order valence-corrected chi connectivity index (χ1v) is 11.9. The van der Waals surface area contributed by atoms with Crippen molar-refractivity contribution in [2.75, 3.05) is 29.4 Å². The van der Waals surface area contributed by atoms with Crippen LogP contribution in [-0.2, 0) is 17.4 Å². The average molecular weight is 480 g/mol. The van der Waals surface area contributed by atoms with Crippen LogP contribution in [0.5, 0.6) is 0 Å². The number of halogens is 3. The summed E-state index contributed by atoms with van der Waals surface area (Å²) >= 11 is 0. The van der Waals surface area contributed by atoms with Crippen molar-refractivity contribution in [3.8, 4) is 0 Å². The van der Waals surface area contributed by atoms with Crippen molar-refractivity contribution in [3.63, 3.8) is 0 Å². The number of para-hydroxylation sites is 1. The lowest BCUT2D eigenvalue weighted by molar-refractivity contribution is -0.137. The highest BCUT2D eigenvalue weighted by Crippen LogP contribution is 2.40. The summed E-state index contributed by atoms with van der Waals surface area (Å²) in [5.41, 5.74) is 2.78. The van der Waals surface area contributed by atoms with Gasteiger partial charge in [-0.2, -0.15) is 13.2 Å². The number of hydrogen-bond donors (Lipinski definition) is 1. The molecule has 1 saturated heterocycles. The number of rotatable bonds is 4. The van der Waals surface area contributed by atoms with Crippen LogP contribution in [0.1, 0.15) is 29.7 Å². The Morgan fingerprint density at radius 3 is 2.34 bits per heavy atom. The van der Waals surface area contributed by atoms with Gasteiger partial charge in [-0.1, -0.05) is 48.5 Å². The largest absolute Gasteiger partial charge is 0.416 e. The molecule has 0 spiro atoms. The van der Waals surface area contributed by atoms with E-state index >= 15 is 0 Å². The van der Waals surface area contributed by atoms with Gasteiger partial charge in [0.2, 0.25) is 5.91 Å². The SMILES string of the molecule is CC(NC(=O)C1Cc2cc(C(F)(F)F)ccc2N2CCN(c3ccccc3)CC12)c1ccccc1. The lowest BCUT2D eigenvalue weighted by Gasteiger charge is -2.50. The van der Waals surface area contributed by atoms with Crippen LogP contribution < -0.4 is 15.1 Å². The first-order chi connectivity index (χ1) is 16.8. The Labute approximate surface area is 203 Å². The summed E-state index contributed by atoms with van der Waals surface area (Å²) < 4.78 is 40.3. The van der Waals surface area contributed by atoms with Crippen molar-refractivity contribution in [2.45, 2.75) is 31.6 Å². The predicted octanol–water partition coefficient (Wildman–Crippen LogP) is 5.45. The third-order valence-electron chi connectivity index (χ3n) is 7.16. The summed E-state index contributed by atoms with van der Waals surface area (Å²) in [6.07, 6.45) is -4.14. The van der Waals surface area contributed by atoms with Gasteiger partial charge >= 0.3 is 6.18 Å². The van der Waals surface area contributed by atoms with Crippen LogP contribution in [-0.4, -0.2) is 31.6 Å². The van der Waals surface area contributed by atoms with Gasteiger partial charge in [0.05, 0.1) is 23.6 Å². The molecule has 2 aliphatic heterocycles. The minimum Gasteiger partial charge on any atom is -0.368 e. The normalized spacial score (nSPS) is 20.6. The van der Waals surface area contributed by atoms with E-state index < -0.39 is 17.7 Å². The van der Waals surface area contributed by atoms with Crippen molar-refractivity contribution < 1.29 is 18.0 Å². The number of piperazine rings is 1. The number of carbonyl (C=O) groups is 1. The van der Waals surface area contributed by atoms with Crippen molar-refractivity contribution in [1.29, 1.82) is 0 Å². The minimum atomic E-state index is -4.42. The van der Waals surface area contributed by atoms with Crippen LogP contribution in [0.25, 0.3) is 0 Å². The molecule has 0 aromatic heterocycles. The first-order valence-electron chi connectivity index (χ1n) is 11.9. The number of benzene rings is 3. The van der Waals surface area contributed by atoms with E-state index in [9.17, 15) is 18.0 Å². The van der Waals surface area contributed by atoms with Gasteiger partial charge in [-0.25, -0.2) is 0 Å². The summed E-state index contributed by atoms with van der Waals surface area (Å²) in [5.74, 6) is -0.599. The highest BCUT2D eigenvalue weighted by atomic mass is 19.4.